The van der Waals surface area contributed by atoms with Crippen LogP contribution in [0.1, 0.15) is 37.3 Å². The molecule has 1 aromatic carbocycles. The molecule has 0 atom stereocenters. The Morgan fingerprint density at radius 2 is 2.11 bits per heavy atom. The van der Waals surface area contributed by atoms with Gasteiger partial charge in [0.1, 0.15) is 5.75 Å². The fraction of sp³-hybridized carbons (Fsp3) is 0.357. The third kappa shape index (κ3) is 3.89. The summed E-state index contributed by atoms with van der Waals surface area (Å²) in [5, 5.41) is 27.3. The van der Waals surface area contributed by atoms with Gasteiger partial charge in [-0.05, 0) is 29.7 Å². The summed E-state index contributed by atoms with van der Waals surface area (Å²) in [5.74, 6) is -0.819. The highest BCUT2D eigenvalue weighted by Crippen LogP contribution is 2.26. The number of aliphatic carboxylic acids is 1. The SMILES string of the molecule is CCC/C(=C\CC(=O)O)c1ccc(O)c(CO)c1. The zero-order valence-corrected chi connectivity index (χ0v) is 10.4. The monoisotopic (exact) mass is 250 g/mol. The molecule has 0 saturated heterocycles. The number of hydrogen-bond acceptors (Lipinski definition) is 3. The van der Waals surface area contributed by atoms with E-state index in [2.05, 4.69) is 0 Å². The average Bonchev–Trinajstić information content (AvgIpc) is 2.35. The van der Waals surface area contributed by atoms with Crippen LogP contribution in [0.2, 0.25) is 0 Å². The van der Waals surface area contributed by atoms with Gasteiger partial charge in [0.15, 0.2) is 0 Å². The number of carboxylic acid groups (broad SMARTS) is 1. The first-order valence-corrected chi connectivity index (χ1v) is 5.92. The molecule has 4 nitrogen and oxygen atoms in total. The van der Waals surface area contributed by atoms with Crippen molar-refractivity contribution in [2.24, 2.45) is 0 Å². The molecule has 3 N–H and O–H groups in total. The number of allylic oxidation sites excluding steroid dienone is 1. The van der Waals surface area contributed by atoms with E-state index in [0.29, 0.717) is 5.56 Å². The van der Waals surface area contributed by atoms with Gasteiger partial charge in [0.25, 0.3) is 0 Å². The topological polar surface area (TPSA) is 77.8 Å². The number of carbonyl (C=O) groups is 1. The van der Waals surface area contributed by atoms with Gasteiger partial charge in [-0.15, -0.1) is 0 Å². The minimum Gasteiger partial charge on any atom is -0.508 e. The van der Waals surface area contributed by atoms with E-state index in [0.717, 1.165) is 24.0 Å². The molecule has 1 rings (SSSR count). The fourth-order valence-corrected chi connectivity index (χ4v) is 1.76. The lowest BCUT2D eigenvalue weighted by Gasteiger charge is -2.09. The van der Waals surface area contributed by atoms with E-state index in [4.69, 9.17) is 10.2 Å². The van der Waals surface area contributed by atoms with Crippen LogP contribution in [0.5, 0.6) is 5.75 Å². The van der Waals surface area contributed by atoms with Crippen molar-refractivity contribution in [2.75, 3.05) is 0 Å². The van der Waals surface area contributed by atoms with Gasteiger partial charge in [-0.3, -0.25) is 4.79 Å². The van der Waals surface area contributed by atoms with E-state index < -0.39 is 5.97 Å². The molecule has 0 amide bonds. The highest BCUT2D eigenvalue weighted by Gasteiger charge is 2.06. The van der Waals surface area contributed by atoms with E-state index in [1.54, 1.807) is 18.2 Å². The van der Waals surface area contributed by atoms with Crippen molar-refractivity contribution in [2.45, 2.75) is 32.8 Å². The van der Waals surface area contributed by atoms with Gasteiger partial charge in [-0.25, -0.2) is 0 Å². The predicted octanol–water partition coefficient (Wildman–Crippen LogP) is 2.54. The molecular weight excluding hydrogens is 232 g/mol. The molecule has 0 aliphatic carbocycles. The summed E-state index contributed by atoms with van der Waals surface area (Å²) in [6, 6.07) is 4.95. The maximum absolute atomic E-state index is 10.6. The van der Waals surface area contributed by atoms with E-state index >= 15 is 0 Å². The maximum atomic E-state index is 10.6. The number of aromatic hydroxyl groups is 1. The van der Waals surface area contributed by atoms with Crippen molar-refractivity contribution in [3.05, 3.63) is 35.4 Å². The largest absolute Gasteiger partial charge is 0.508 e. The highest BCUT2D eigenvalue weighted by molar-refractivity contribution is 5.74. The molecule has 0 aromatic heterocycles. The first kappa shape index (κ1) is 14.3. The first-order valence-electron chi connectivity index (χ1n) is 5.92. The van der Waals surface area contributed by atoms with Gasteiger partial charge >= 0.3 is 5.97 Å². The predicted molar refractivity (Wildman–Crippen MR) is 69.2 cm³/mol. The second kappa shape index (κ2) is 6.81. The Bertz CT molecular complexity index is 449. The second-order valence-electron chi connectivity index (χ2n) is 4.08. The second-order valence-corrected chi connectivity index (χ2v) is 4.08. The molecule has 0 spiro atoms. The summed E-state index contributed by atoms with van der Waals surface area (Å²) < 4.78 is 0. The van der Waals surface area contributed by atoms with Crippen molar-refractivity contribution >= 4 is 11.5 Å². The molecule has 0 radical (unpaired) electrons. The number of hydrogen-bond donors (Lipinski definition) is 3. The van der Waals surface area contributed by atoms with Crippen molar-refractivity contribution in [3.63, 3.8) is 0 Å². The normalized spacial score (nSPS) is 11.6. The van der Waals surface area contributed by atoms with Gasteiger partial charge < -0.3 is 15.3 Å². The summed E-state index contributed by atoms with van der Waals surface area (Å²) in [7, 11) is 0. The lowest BCUT2D eigenvalue weighted by Crippen LogP contribution is -1.94. The summed E-state index contributed by atoms with van der Waals surface area (Å²) >= 11 is 0. The van der Waals surface area contributed by atoms with Crippen molar-refractivity contribution in [1.82, 2.24) is 0 Å². The van der Waals surface area contributed by atoms with Crippen LogP contribution < -0.4 is 0 Å². The first-order chi connectivity index (χ1) is 8.58. The van der Waals surface area contributed by atoms with Crippen molar-refractivity contribution in [3.8, 4) is 5.75 Å². The quantitative estimate of drug-likeness (QED) is 0.725. The van der Waals surface area contributed by atoms with Crippen LogP contribution in [-0.4, -0.2) is 21.3 Å². The van der Waals surface area contributed by atoms with Crippen LogP contribution in [0.3, 0.4) is 0 Å². The van der Waals surface area contributed by atoms with E-state index in [1.807, 2.05) is 6.92 Å². The van der Waals surface area contributed by atoms with Crippen LogP contribution in [0.4, 0.5) is 0 Å². The third-order valence-electron chi connectivity index (χ3n) is 2.66. The van der Waals surface area contributed by atoms with Gasteiger partial charge in [-0.1, -0.05) is 25.5 Å². The molecular formula is C14H18O4. The summed E-state index contributed by atoms with van der Waals surface area (Å²) in [5.41, 5.74) is 2.22. The number of rotatable bonds is 6. The average molecular weight is 250 g/mol. The molecule has 0 bridgehead atoms. The molecule has 0 unspecified atom stereocenters. The minimum atomic E-state index is -0.871. The Morgan fingerprint density at radius 1 is 1.39 bits per heavy atom. The number of benzene rings is 1. The molecule has 0 saturated carbocycles. The third-order valence-corrected chi connectivity index (χ3v) is 2.66. The Kier molecular flexibility index (Phi) is 5.39. The van der Waals surface area contributed by atoms with Crippen LogP contribution in [0, 0.1) is 0 Å². The van der Waals surface area contributed by atoms with E-state index in [-0.39, 0.29) is 18.8 Å². The van der Waals surface area contributed by atoms with Crippen LogP contribution in [0.15, 0.2) is 24.3 Å². The molecule has 4 heteroatoms. The molecule has 18 heavy (non-hydrogen) atoms. The van der Waals surface area contributed by atoms with Crippen LogP contribution in [0.25, 0.3) is 5.57 Å². The maximum Gasteiger partial charge on any atom is 0.307 e. The van der Waals surface area contributed by atoms with E-state index in [1.165, 1.54) is 6.07 Å². The number of phenols is 1. The molecule has 0 aliphatic rings. The lowest BCUT2D eigenvalue weighted by molar-refractivity contribution is -0.135. The van der Waals surface area contributed by atoms with Crippen molar-refractivity contribution < 1.29 is 20.1 Å². The molecule has 98 valence electrons. The Balaban J connectivity index is 3.05. The van der Waals surface area contributed by atoms with Gasteiger partial charge in [0.05, 0.1) is 13.0 Å². The lowest BCUT2D eigenvalue weighted by atomic mass is 9.98. The van der Waals surface area contributed by atoms with Crippen LogP contribution in [-0.2, 0) is 11.4 Å². The van der Waals surface area contributed by atoms with Crippen molar-refractivity contribution in [1.29, 1.82) is 0 Å². The number of aliphatic hydroxyl groups is 1. The summed E-state index contributed by atoms with van der Waals surface area (Å²) in [6.07, 6.45) is 3.33. The minimum absolute atomic E-state index is 0.0231. The van der Waals surface area contributed by atoms with Crippen LogP contribution >= 0.6 is 0 Å². The highest BCUT2D eigenvalue weighted by atomic mass is 16.4. The number of aliphatic hydroxyl groups excluding tert-OH is 1. The zero-order chi connectivity index (χ0) is 13.5. The molecule has 1 aromatic rings. The van der Waals surface area contributed by atoms with Gasteiger partial charge in [0, 0.05) is 5.56 Å². The standard InChI is InChI=1S/C14H18O4/c1-2-3-10(5-7-14(17)18)11-4-6-13(16)12(8-11)9-15/h4-6,8,15-16H,2-3,7,9H2,1H3,(H,17,18)/b10-5+. The zero-order valence-electron chi connectivity index (χ0n) is 10.4. The number of carboxylic acids is 1. The fourth-order valence-electron chi connectivity index (χ4n) is 1.76. The molecule has 0 fully saturated rings. The molecule has 0 aliphatic heterocycles. The summed E-state index contributed by atoms with van der Waals surface area (Å²) in [6.45, 7) is 1.78. The molecule has 0 heterocycles. The van der Waals surface area contributed by atoms with Gasteiger partial charge in [0.2, 0.25) is 0 Å². The Hall–Kier alpha value is -1.81. The Morgan fingerprint density at radius 3 is 2.67 bits per heavy atom. The Labute approximate surface area is 106 Å². The summed E-state index contributed by atoms with van der Waals surface area (Å²) in [4.78, 5) is 10.6. The van der Waals surface area contributed by atoms with Gasteiger partial charge in [-0.2, -0.15) is 0 Å². The smallest absolute Gasteiger partial charge is 0.307 e. The van der Waals surface area contributed by atoms with E-state index in [9.17, 15) is 9.90 Å².